The number of cyclic esters (lactones) is 2. The van der Waals surface area contributed by atoms with Gasteiger partial charge in [0.05, 0.1) is 11.0 Å². The summed E-state index contributed by atoms with van der Waals surface area (Å²) in [5, 5.41) is 22.6. The molecule has 1 heterocycles. The first kappa shape index (κ1) is 25.1. The van der Waals surface area contributed by atoms with Crippen molar-refractivity contribution in [1.29, 1.82) is 0 Å². The fourth-order valence-corrected chi connectivity index (χ4v) is 3.45. The van der Waals surface area contributed by atoms with Gasteiger partial charge in [0.1, 0.15) is 6.61 Å². The summed E-state index contributed by atoms with van der Waals surface area (Å²) in [7, 11) is 0. The molecule has 1 fully saturated rings. The van der Waals surface area contributed by atoms with Gasteiger partial charge in [0, 0.05) is 26.3 Å². The highest BCUT2D eigenvalue weighted by Gasteiger charge is 2.49. The Labute approximate surface area is 198 Å². The maximum absolute atomic E-state index is 13.0. The van der Waals surface area contributed by atoms with Crippen molar-refractivity contribution in [3.63, 3.8) is 0 Å². The molecule has 2 N–H and O–H groups in total. The molecule has 184 valence electrons. The predicted molar refractivity (Wildman–Crippen MR) is 117 cm³/mol. The number of carbonyl (C=O) groups excluding carboxylic acids is 3. The van der Waals surface area contributed by atoms with Gasteiger partial charge in [-0.2, -0.15) is 0 Å². The van der Waals surface area contributed by atoms with Crippen molar-refractivity contribution in [2.75, 3.05) is 0 Å². The second-order valence-corrected chi connectivity index (χ2v) is 8.12. The van der Waals surface area contributed by atoms with Crippen LogP contribution in [-0.4, -0.2) is 45.7 Å². The molecule has 1 saturated heterocycles. The highest BCUT2D eigenvalue weighted by Crippen LogP contribution is 2.30. The highest BCUT2D eigenvalue weighted by molar-refractivity contribution is 6.17. The largest absolute Gasteiger partial charge is 0.482 e. The van der Waals surface area contributed by atoms with Crippen molar-refractivity contribution in [3.8, 4) is 5.75 Å². The Morgan fingerprint density at radius 3 is 2.31 bits per heavy atom. The molecule has 3 rings (SSSR count). The van der Waals surface area contributed by atoms with Crippen LogP contribution in [0.5, 0.6) is 5.75 Å². The van der Waals surface area contributed by atoms with Crippen LogP contribution in [0.15, 0.2) is 48.5 Å². The summed E-state index contributed by atoms with van der Waals surface area (Å²) in [5.41, 5.74) is 0.703. The van der Waals surface area contributed by atoms with E-state index >= 15 is 0 Å². The number of esters is 2. The summed E-state index contributed by atoms with van der Waals surface area (Å²) in [4.78, 5) is 59.6. The summed E-state index contributed by atoms with van der Waals surface area (Å²) in [5.74, 6) is -7.05. The molecular weight excluding hydrogens is 464 g/mol. The first-order chi connectivity index (χ1) is 16.5. The van der Waals surface area contributed by atoms with Crippen LogP contribution < -0.4 is 10.1 Å². The van der Waals surface area contributed by atoms with Crippen LogP contribution in [-0.2, 0) is 36.9 Å². The number of ether oxygens (including phenoxy) is 3. The SMILES string of the molecule is CC1(C)OC(=O)C(C(=O)C(Cc2ccc([N+](=O)[O-])c(OCc3ccccc3)c2)NC(=O)O)C(=O)O1. The van der Waals surface area contributed by atoms with Gasteiger partial charge in [-0.3, -0.25) is 24.5 Å². The van der Waals surface area contributed by atoms with Gasteiger partial charge in [0.15, 0.2) is 11.5 Å². The molecule has 0 bridgehead atoms. The minimum Gasteiger partial charge on any atom is -0.482 e. The zero-order chi connectivity index (χ0) is 25.8. The van der Waals surface area contributed by atoms with Crippen LogP contribution in [0, 0.1) is 16.0 Å². The minimum atomic E-state index is -1.98. The lowest BCUT2D eigenvalue weighted by Crippen LogP contribution is -2.54. The lowest BCUT2D eigenvalue weighted by atomic mass is 9.92. The smallest absolute Gasteiger partial charge is 0.405 e. The first-order valence-corrected chi connectivity index (χ1v) is 10.4. The molecule has 1 atom stereocenters. The molecule has 0 saturated carbocycles. The average Bonchev–Trinajstić information content (AvgIpc) is 2.76. The number of carboxylic acid groups (broad SMARTS) is 1. The molecule has 12 nitrogen and oxygen atoms in total. The number of hydrogen-bond donors (Lipinski definition) is 2. The average molecular weight is 486 g/mol. The summed E-state index contributed by atoms with van der Waals surface area (Å²) < 4.78 is 15.5. The molecule has 1 amide bonds. The standard InChI is InChI=1S/C23H22N2O10/c1-23(2)34-20(27)18(21(28)35-23)19(26)15(24-22(29)30)10-14-8-9-16(25(31)32)17(11-14)33-12-13-6-4-3-5-7-13/h3-9,11,15,18,24H,10,12H2,1-2H3,(H,29,30). The monoisotopic (exact) mass is 486 g/mol. The van der Waals surface area contributed by atoms with Crippen LogP contribution in [0.25, 0.3) is 0 Å². The topological polar surface area (TPSA) is 171 Å². The number of nitrogens with one attached hydrogen (secondary N) is 1. The number of amides is 1. The highest BCUT2D eigenvalue weighted by atomic mass is 16.7. The van der Waals surface area contributed by atoms with Crippen LogP contribution in [0.2, 0.25) is 0 Å². The van der Waals surface area contributed by atoms with E-state index in [1.54, 1.807) is 30.3 Å². The van der Waals surface area contributed by atoms with E-state index in [0.29, 0.717) is 0 Å². The van der Waals surface area contributed by atoms with Gasteiger partial charge >= 0.3 is 23.7 Å². The second-order valence-electron chi connectivity index (χ2n) is 8.12. The fourth-order valence-electron chi connectivity index (χ4n) is 3.45. The Morgan fingerprint density at radius 2 is 1.74 bits per heavy atom. The van der Waals surface area contributed by atoms with E-state index in [-0.39, 0.29) is 30.0 Å². The van der Waals surface area contributed by atoms with Crippen molar-refractivity contribution >= 4 is 29.5 Å². The van der Waals surface area contributed by atoms with Gasteiger partial charge in [-0.05, 0) is 17.2 Å². The molecule has 0 aromatic heterocycles. The number of rotatable bonds is 9. The number of nitrogens with zero attached hydrogens (tertiary/aromatic N) is 1. The third kappa shape index (κ3) is 6.31. The number of nitro groups is 1. The van der Waals surface area contributed by atoms with Crippen LogP contribution >= 0.6 is 0 Å². The van der Waals surface area contributed by atoms with Gasteiger partial charge in [0.25, 0.3) is 5.79 Å². The zero-order valence-electron chi connectivity index (χ0n) is 18.8. The Kier molecular flexibility index (Phi) is 7.33. The summed E-state index contributed by atoms with van der Waals surface area (Å²) in [6, 6.07) is 11.1. The van der Waals surface area contributed by atoms with E-state index in [4.69, 9.17) is 14.2 Å². The maximum Gasteiger partial charge on any atom is 0.405 e. The number of hydrogen-bond acceptors (Lipinski definition) is 9. The molecular formula is C23H22N2O10. The first-order valence-electron chi connectivity index (χ1n) is 10.4. The van der Waals surface area contributed by atoms with E-state index in [1.165, 1.54) is 26.0 Å². The lowest BCUT2D eigenvalue weighted by Gasteiger charge is -2.33. The van der Waals surface area contributed by atoms with Gasteiger partial charge < -0.3 is 24.6 Å². The number of benzene rings is 2. The molecule has 12 heteroatoms. The van der Waals surface area contributed by atoms with Gasteiger partial charge in [0.2, 0.25) is 5.92 Å². The number of Topliss-reactive ketones (excluding diaryl/α,β-unsaturated/α-hetero) is 1. The van der Waals surface area contributed by atoms with E-state index in [1.807, 2.05) is 5.32 Å². The summed E-state index contributed by atoms with van der Waals surface area (Å²) >= 11 is 0. The Balaban J connectivity index is 1.85. The van der Waals surface area contributed by atoms with Crippen LogP contribution in [0.1, 0.15) is 25.0 Å². The number of ketones is 1. The summed E-state index contributed by atoms with van der Waals surface area (Å²) in [6.45, 7) is 2.64. The van der Waals surface area contributed by atoms with E-state index in [0.717, 1.165) is 11.6 Å². The van der Waals surface area contributed by atoms with Gasteiger partial charge in [-0.25, -0.2) is 4.79 Å². The van der Waals surface area contributed by atoms with E-state index in [9.17, 15) is 34.4 Å². The lowest BCUT2D eigenvalue weighted by molar-refractivity contribution is -0.386. The van der Waals surface area contributed by atoms with Crippen molar-refractivity contribution in [3.05, 3.63) is 69.8 Å². The number of carbonyl (C=O) groups is 4. The van der Waals surface area contributed by atoms with Gasteiger partial charge in [-0.1, -0.05) is 36.4 Å². The molecule has 0 radical (unpaired) electrons. The molecule has 2 aromatic rings. The van der Waals surface area contributed by atoms with Crippen molar-refractivity contribution in [2.45, 2.75) is 38.7 Å². The molecule has 1 aliphatic heterocycles. The third-order valence-corrected chi connectivity index (χ3v) is 4.99. The van der Waals surface area contributed by atoms with Crippen LogP contribution in [0.4, 0.5) is 10.5 Å². The predicted octanol–water partition coefficient (Wildman–Crippen LogP) is 2.37. The molecule has 35 heavy (non-hydrogen) atoms. The molecule has 0 spiro atoms. The number of nitro benzene ring substituents is 1. The second kappa shape index (κ2) is 10.2. The van der Waals surface area contributed by atoms with Crippen molar-refractivity contribution in [2.24, 2.45) is 5.92 Å². The Morgan fingerprint density at radius 1 is 1.11 bits per heavy atom. The normalized spacial score (nSPS) is 15.9. The molecule has 1 aliphatic rings. The van der Waals surface area contributed by atoms with Gasteiger partial charge in [-0.15, -0.1) is 0 Å². The van der Waals surface area contributed by atoms with Crippen LogP contribution in [0.3, 0.4) is 0 Å². The maximum atomic E-state index is 13.0. The zero-order valence-corrected chi connectivity index (χ0v) is 18.8. The quantitative estimate of drug-likeness (QED) is 0.232. The molecule has 0 aliphatic carbocycles. The van der Waals surface area contributed by atoms with Crippen molar-refractivity contribution in [1.82, 2.24) is 5.32 Å². The Hall–Kier alpha value is -4.48. The minimum absolute atomic E-state index is 0.0242. The van der Waals surface area contributed by atoms with Crippen molar-refractivity contribution < 1.29 is 43.4 Å². The Bertz CT molecular complexity index is 1140. The van der Waals surface area contributed by atoms with E-state index < -0.39 is 46.5 Å². The molecule has 1 unspecified atom stereocenters. The fraction of sp³-hybridized carbons (Fsp3) is 0.304. The third-order valence-electron chi connectivity index (χ3n) is 4.99. The summed E-state index contributed by atoms with van der Waals surface area (Å²) in [6.07, 6.45) is -1.91. The van der Waals surface area contributed by atoms with E-state index in [2.05, 4.69) is 0 Å². The molecule has 2 aromatic carbocycles.